The molecule has 6 nitrogen and oxygen atoms in total. The number of furan rings is 1. The third kappa shape index (κ3) is 3.79. The fraction of sp³-hybridized carbons (Fsp3) is 0.316. The summed E-state index contributed by atoms with van der Waals surface area (Å²) in [4.78, 5) is 16.2. The van der Waals surface area contributed by atoms with Crippen molar-refractivity contribution in [2.75, 3.05) is 6.54 Å². The molecule has 1 saturated carbocycles. The molecule has 4 rings (SSSR count). The summed E-state index contributed by atoms with van der Waals surface area (Å²) in [6.45, 7) is 0.722. The van der Waals surface area contributed by atoms with Crippen molar-refractivity contribution in [2.45, 2.75) is 25.2 Å². The van der Waals surface area contributed by atoms with Gasteiger partial charge in [-0.25, -0.2) is 0 Å². The van der Waals surface area contributed by atoms with Gasteiger partial charge in [0.05, 0.1) is 6.26 Å². The zero-order valence-electron chi connectivity index (χ0n) is 13.7. The average molecular weight is 337 g/mol. The van der Waals surface area contributed by atoms with E-state index in [0.717, 1.165) is 13.0 Å². The summed E-state index contributed by atoms with van der Waals surface area (Å²) < 4.78 is 10.4. The van der Waals surface area contributed by atoms with Crippen LogP contribution < -0.4 is 5.32 Å². The highest BCUT2D eigenvalue weighted by molar-refractivity contribution is 5.76. The minimum atomic E-state index is 0.0106. The molecule has 1 amide bonds. The number of hydrogen-bond acceptors (Lipinski definition) is 5. The molecule has 0 aliphatic heterocycles. The van der Waals surface area contributed by atoms with Crippen LogP contribution in [0.3, 0.4) is 0 Å². The number of nitrogens with one attached hydrogen (secondary N) is 1. The molecule has 0 unspecified atom stereocenters. The van der Waals surface area contributed by atoms with E-state index in [2.05, 4.69) is 39.7 Å². The van der Waals surface area contributed by atoms with Gasteiger partial charge in [-0.05, 0) is 36.0 Å². The predicted octanol–water partition coefficient (Wildman–Crippen LogP) is 3.18. The molecule has 1 aromatic carbocycles. The molecule has 0 bridgehead atoms. The number of rotatable bonds is 7. The second-order valence-corrected chi connectivity index (χ2v) is 6.31. The normalized spacial score (nSPS) is 18.9. The number of aryl methyl sites for hydroxylation is 1. The van der Waals surface area contributed by atoms with Crippen molar-refractivity contribution < 1.29 is 13.7 Å². The molecule has 2 aromatic heterocycles. The van der Waals surface area contributed by atoms with E-state index < -0.39 is 0 Å². The molecule has 3 aromatic rings. The first-order valence-electron chi connectivity index (χ1n) is 8.47. The van der Waals surface area contributed by atoms with Crippen molar-refractivity contribution in [1.29, 1.82) is 0 Å². The fourth-order valence-electron chi connectivity index (χ4n) is 3.00. The molecule has 0 saturated heterocycles. The van der Waals surface area contributed by atoms with Crippen molar-refractivity contribution in [1.82, 2.24) is 15.5 Å². The maximum atomic E-state index is 12.0. The molecule has 1 N–H and O–H groups in total. The van der Waals surface area contributed by atoms with Crippen LogP contribution in [0.1, 0.15) is 30.2 Å². The second-order valence-electron chi connectivity index (χ2n) is 6.31. The zero-order chi connectivity index (χ0) is 17.1. The largest absolute Gasteiger partial charge is 0.461 e. The lowest BCUT2D eigenvalue weighted by Crippen LogP contribution is -2.26. The van der Waals surface area contributed by atoms with E-state index in [9.17, 15) is 4.79 Å². The molecular formula is C19H19N3O3. The number of benzene rings is 1. The van der Waals surface area contributed by atoms with Gasteiger partial charge in [0.2, 0.25) is 17.6 Å². The first-order valence-corrected chi connectivity index (χ1v) is 8.47. The van der Waals surface area contributed by atoms with Crippen LogP contribution in [0.4, 0.5) is 0 Å². The quantitative estimate of drug-likeness (QED) is 0.716. The first kappa shape index (κ1) is 15.6. The Morgan fingerprint density at radius 3 is 2.88 bits per heavy atom. The molecular weight excluding hydrogens is 318 g/mol. The molecule has 1 fully saturated rings. The van der Waals surface area contributed by atoms with Crippen molar-refractivity contribution in [3.05, 3.63) is 60.2 Å². The molecule has 2 atom stereocenters. The Kier molecular flexibility index (Phi) is 4.33. The van der Waals surface area contributed by atoms with Crippen LogP contribution in [-0.4, -0.2) is 22.6 Å². The van der Waals surface area contributed by atoms with Gasteiger partial charge in [-0.1, -0.05) is 35.5 Å². The van der Waals surface area contributed by atoms with Gasteiger partial charge in [0.15, 0.2) is 5.76 Å². The Hall–Kier alpha value is -2.89. The molecule has 6 heteroatoms. The lowest BCUT2D eigenvalue weighted by molar-refractivity contribution is -0.121. The Morgan fingerprint density at radius 1 is 1.20 bits per heavy atom. The van der Waals surface area contributed by atoms with E-state index in [1.54, 1.807) is 18.4 Å². The van der Waals surface area contributed by atoms with Crippen LogP contribution in [0.25, 0.3) is 11.6 Å². The summed E-state index contributed by atoms with van der Waals surface area (Å²) in [5.41, 5.74) is 1.36. The number of carbonyl (C=O) groups excluding carboxylic acids is 1. The Bertz CT molecular complexity index is 827. The summed E-state index contributed by atoms with van der Waals surface area (Å²) in [7, 11) is 0. The van der Waals surface area contributed by atoms with Gasteiger partial charge < -0.3 is 14.3 Å². The minimum absolute atomic E-state index is 0.0106. The molecule has 0 spiro atoms. The SMILES string of the molecule is O=C(CCc1nc(-c2ccco2)no1)NC[C@@H]1C[C@H]1c1ccccc1. The van der Waals surface area contributed by atoms with E-state index in [0.29, 0.717) is 42.2 Å². The minimum Gasteiger partial charge on any atom is -0.461 e. The molecule has 1 aliphatic carbocycles. The Morgan fingerprint density at radius 2 is 2.08 bits per heavy atom. The number of nitrogens with zero attached hydrogens (tertiary/aromatic N) is 2. The van der Waals surface area contributed by atoms with E-state index >= 15 is 0 Å². The molecule has 0 radical (unpaired) electrons. The second kappa shape index (κ2) is 6.93. The van der Waals surface area contributed by atoms with Crippen molar-refractivity contribution in [2.24, 2.45) is 5.92 Å². The number of hydrogen-bond donors (Lipinski definition) is 1. The maximum absolute atomic E-state index is 12.0. The highest BCUT2D eigenvalue weighted by Crippen LogP contribution is 2.46. The number of aromatic nitrogens is 2. The van der Waals surface area contributed by atoms with Crippen LogP contribution in [0.2, 0.25) is 0 Å². The summed E-state index contributed by atoms with van der Waals surface area (Å²) in [5.74, 6) is 2.53. The van der Waals surface area contributed by atoms with Crippen LogP contribution in [0.15, 0.2) is 57.7 Å². The molecule has 1 aliphatic rings. The smallest absolute Gasteiger partial charge is 0.238 e. The van der Waals surface area contributed by atoms with Gasteiger partial charge in [0.1, 0.15) is 0 Å². The standard InChI is InChI=1S/C19H19N3O3/c23-17(20-12-14-11-15(14)13-5-2-1-3-6-13)8-9-18-21-19(22-25-18)16-7-4-10-24-16/h1-7,10,14-15H,8-9,11-12H2,(H,20,23)/t14-,15-/m0/s1. The van der Waals surface area contributed by atoms with E-state index in [-0.39, 0.29) is 5.91 Å². The van der Waals surface area contributed by atoms with Crippen molar-refractivity contribution in [3.63, 3.8) is 0 Å². The third-order valence-corrected chi connectivity index (χ3v) is 4.49. The van der Waals surface area contributed by atoms with Crippen LogP contribution in [-0.2, 0) is 11.2 Å². The van der Waals surface area contributed by atoms with Crippen LogP contribution in [0.5, 0.6) is 0 Å². The fourth-order valence-corrected chi connectivity index (χ4v) is 3.00. The summed E-state index contributed by atoms with van der Waals surface area (Å²) >= 11 is 0. The molecule has 2 heterocycles. The van der Waals surface area contributed by atoms with Gasteiger partial charge in [0, 0.05) is 19.4 Å². The average Bonchev–Trinajstić information content (AvgIpc) is 3.02. The van der Waals surface area contributed by atoms with Gasteiger partial charge in [-0.2, -0.15) is 4.98 Å². The Balaban J connectivity index is 1.20. The van der Waals surface area contributed by atoms with E-state index in [4.69, 9.17) is 8.94 Å². The van der Waals surface area contributed by atoms with Gasteiger partial charge in [-0.3, -0.25) is 4.79 Å². The first-order chi connectivity index (χ1) is 12.3. The van der Waals surface area contributed by atoms with Crippen molar-refractivity contribution in [3.8, 4) is 11.6 Å². The molecule has 25 heavy (non-hydrogen) atoms. The summed E-state index contributed by atoms with van der Waals surface area (Å²) in [6, 6.07) is 14.0. The Labute approximate surface area is 145 Å². The predicted molar refractivity (Wildman–Crippen MR) is 90.6 cm³/mol. The van der Waals surface area contributed by atoms with E-state index in [1.807, 2.05) is 6.07 Å². The van der Waals surface area contributed by atoms with E-state index in [1.165, 1.54) is 5.56 Å². The maximum Gasteiger partial charge on any atom is 0.238 e. The summed E-state index contributed by atoms with van der Waals surface area (Å²) in [6.07, 6.45) is 3.45. The van der Waals surface area contributed by atoms with Gasteiger partial charge >= 0.3 is 0 Å². The number of carbonyl (C=O) groups is 1. The monoisotopic (exact) mass is 337 g/mol. The van der Waals surface area contributed by atoms with Gasteiger partial charge in [0.25, 0.3) is 0 Å². The zero-order valence-corrected chi connectivity index (χ0v) is 13.7. The lowest BCUT2D eigenvalue weighted by atomic mass is 10.1. The van der Waals surface area contributed by atoms with Crippen LogP contribution >= 0.6 is 0 Å². The highest BCUT2D eigenvalue weighted by atomic mass is 16.5. The molecule has 128 valence electrons. The van der Waals surface area contributed by atoms with Crippen LogP contribution in [0, 0.1) is 5.92 Å². The lowest BCUT2D eigenvalue weighted by Gasteiger charge is -2.04. The highest BCUT2D eigenvalue weighted by Gasteiger charge is 2.37. The van der Waals surface area contributed by atoms with Crippen molar-refractivity contribution >= 4 is 5.91 Å². The number of amides is 1. The summed E-state index contributed by atoms with van der Waals surface area (Å²) in [5, 5.41) is 6.85. The third-order valence-electron chi connectivity index (χ3n) is 4.49. The topological polar surface area (TPSA) is 81.2 Å². The van der Waals surface area contributed by atoms with Gasteiger partial charge in [-0.15, -0.1) is 0 Å².